The van der Waals surface area contributed by atoms with E-state index in [9.17, 15) is 9.90 Å². The van der Waals surface area contributed by atoms with Gasteiger partial charge in [0.1, 0.15) is 0 Å². The Morgan fingerprint density at radius 3 is 2.67 bits per heavy atom. The molecule has 0 saturated carbocycles. The molecule has 0 radical (unpaired) electrons. The van der Waals surface area contributed by atoms with Crippen LogP contribution in [0.3, 0.4) is 0 Å². The molecule has 1 aliphatic heterocycles. The molecule has 2 rings (SSSR count). The maximum atomic E-state index is 13.0. The number of hydrogen-bond donors (Lipinski definition) is 1. The lowest BCUT2D eigenvalue weighted by molar-refractivity contribution is 0.0605. The average molecular weight is 293 g/mol. The van der Waals surface area contributed by atoms with Crippen molar-refractivity contribution >= 4 is 5.91 Å². The van der Waals surface area contributed by atoms with Crippen molar-refractivity contribution < 1.29 is 9.90 Å². The predicted molar refractivity (Wildman–Crippen MR) is 82.3 cm³/mol. The summed E-state index contributed by atoms with van der Waals surface area (Å²) in [7, 11) is 1.87. The van der Waals surface area contributed by atoms with Gasteiger partial charge in [0, 0.05) is 25.3 Å². The number of nitrogens with zero attached hydrogens (tertiary/aromatic N) is 3. The molecule has 2 atom stereocenters. The molecule has 21 heavy (non-hydrogen) atoms. The van der Waals surface area contributed by atoms with Crippen molar-refractivity contribution in [1.82, 2.24) is 14.7 Å². The highest BCUT2D eigenvalue weighted by Gasteiger charge is 2.30. The van der Waals surface area contributed by atoms with E-state index in [1.54, 1.807) is 11.6 Å². The summed E-state index contributed by atoms with van der Waals surface area (Å²) in [6.45, 7) is 6.41. The van der Waals surface area contributed by atoms with E-state index < -0.39 is 0 Å². The first-order chi connectivity index (χ1) is 9.91. The standard InChI is InChI=1S/C16H27N3O2/c1-11(20)10-14-8-6-5-7-9-19(14)16(21)15-12(2)17-18(4)13(15)3/h11,14,20H,5-10H2,1-4H3. The maximum Gasteiger partial charge on any atom is 0.257 e. The van der Waals surface area contributed by atoms with E-state index in [1.807, 2.05) is 25.8 Å². The summed E-state index contributed by atoms with van der Waals surface area (Å²) in [5.74, 6) is 0.0747. The molecule has 1 aromatic rings. The zero-order valence-corrected chi connectivity index (χ0v) is 13.6. The molecule has 2 unspecified atom stereocenters. The lowest BCUT2D eigenvalue weighted by atomic mass is 10.0. The monoisotopic (exact) mass is 293 g/mol. The minimum absolute atomic E-state index is 0.0747. The molecule has 1 amide bonds. The minimum Gasteiger partial charge on any atom is -0.393 e. The molecule has 1 saturated heterocycles. The first-order valence-corrected chi connectivity index (χ1v) is 7.91. The Balaban J connectivity index is 2.28. The van der Waals surface area contributed by atoms with Crippen LogP contribution in [0.1, 0.15) is 60.8 Å². The number of likely N-dealkylation sites (tertiary alicyclic amines) is 1. The normalized spacial score (nSPS) is 21.2. The van der Waals surface area contributed by atoms with Crippen LogP contribution in [0, 0.1) is 13.8 Å². The van der Waals surface area contributed by atoms with E-state index in [1.165, 1.54) is 0 Å². The van der Waals surface area contributed by atoms with Crippen molar-refractivity contribution in [3.05, 3.63) is 17.0 Å². The zero-order chi connectivity index (χ0) is 15.6. The Kier molecular flexibility index (Phi) is 5.04. The molecular weight excluding hydrogens is 266 g/mol. The number of aliphatic hydroxyl groups excluding tert-OH is 1. The van der Waals surface area contributed by atoms with Crippen molar-refractivity contribution in [2.45, 2.75) is 65.0 Å². The Morgan fingerprint density at radius 1 is 1.38 bits per heavy atom. The molecule has 1 aliphatic rings. The molecule has 5 heteroatoms. The van der Waals surface area contributed by atoms with Gasteiger partial charge in [-0.2, -0.15) is 5.10 Å². The van der Waals surface area contributed by atoms with Crippen molar-refractivity contribution in [3.8, 4) is 0 Å². The quantitative estimate of drug-likeness (QED) is 0.929. The van der Waals surface area contributed by atoms with Crippen LogP contribution in [0.4, 0.5) is 0 Å². The number of amides is 1. The molecule has 0 aromatic carbocycles. The van der Waals surface area contributed by atoms with Gasteiger partial charge < -0.3 is 10.0 Å². The van der Waals surface area contributed by atoms with Gasteiger partial charge in [0.05, 0.1) is 17.4 Å². The van der Waals surface area contributed by atoms with Crippen LogP contribution in [0.2, 0.25) is 0 Å². The second kappa shape index (κ2) is 6.60. The van der Waals surface area contributed by atoms with Crippen LogP contribution >= 0.6 is 0 Å². The van der Waals surface area contributed by atoms with Gasteiger partial charge in [-0.3, -0.25) is 9.48 Å². The molecule has 0 bridgehead atoms. The maximum absolute atomic E-state index is 13.0. The highest BCUT2D eigenvalue weighted by molar-refractivity contribution is 5.96. The average Bonchev–Trinajstić information content (AvgIpc) is 2.57. The van der Waals surface area contributed by atoms with Crippen LogP contribution < -0.4 is 0 Å². The number of hydrogen-bond acceptors (Lipinski definition) is 3. The lowest BCUT2D eigenvalue weighted by Crippen LogP contribution is -2.42. The molecule has 0 spiro atoms. The first-order valence-electron chi connectivity index (χ1n) is 7.91. The highest BCUT2D eigenvalue weighted by atomic mass is 16.3. The topological polar surface area (TPSA) is 58.4 Å². The fraction of sp³-hybridized carbons (Fsp3) is 0.750. The van der Waals surface area contributed by atoms with E-state index in [4.69, 9.17) is 0 Å². The third-order valence-electron chi connectivity index (χ3n) is 4.47. The van der Waals surface area contributed by atoms with Crippen molar-refractivity contribution in [2.75, 3.05) is 6.54 Å². The Morgan fingerprint density at radius 2 is 2.10 bits per heavy atom. The second-order valence-electron chi connectivity index (χ2n) is 6.26. The summed E-state index contributed by atoms with van der Waals surface area (Å²) in [5, 5.41) is 14.1. The van der Waals surface area contributed by atoms with Gasteiger partial charge in [0.15, 0.2) is 0 Å². The summed E-state index contributed by atoms with van der Waals surface area (Å²) >= 11 is 0. The van der Waals surface area contributed by atoms with Gasteiger partial charge in [0.2, 0.25) is 0 Å². The number of rotatable bonds is 3. The Labute approximate surface area is 126 Å². The van der Waals surface area contributed by atoms with Crippen LogP contribution in [0.25, 0.3) is 0 Å². The fourth-order valence-electron chi connectivity index (χ4n) is 3.31. The predicted octanol–water partition coefficient (Wildman–Crippen LogP) is 2.19. The molecule has 118 valence electrons. The first kappa shape index (κ1) is 16.0. The molecule has 1 aromatic heterocycles. The SMILES string of the molecule is Cc1nn(C)c(C)c1C(=O)N1CCCCCC1CC(C)O. The molecule has 2 heterocycles. The number of aryl methyl sites for hydroxylation is 2. The number of aliphatic hydroxyl groups is 1. The van der Waals surface area contributed by atoms with Gasteiger partial charge in [0.25, 0.3) is 5.91 Å². The summed E-state index contributed by atoms with van der Waals surface area (Å²) < 4.78 is 1.77. The summed E-state index contributed by atoms with van der Waals surface area (Å²) in [5.41, 5.74) is 2.44. The Hall–Kier alpha value is -1.36. The minimum atomic E-state index is -0.375. The zero-order valence-electron chi connectivity index (χ0n) is 13.6. The summed E-state index contributed by atoms with van der Waals surface area (Å²) in [4.78, 5) is 15.0. The van der Waals surface area contributed by atoms with Gasteiger partial charge in [-0.25, -0.2) is 0 Å². The second-order valence-corrected chi connectivity index (χ2v) is 6.26. The Bertz CT molecular complexity index is 508. The smallest absolute Gasteiger partial charge is 0.257 e. The molecule has 1 fully saturated rings. The molecule has 5 nitrogen and oxygen atoms in total. The molecular formula is C16H27N3O2. The number of carbonyl (C=O) groups is 1. The van der Waals surface area contributed by atoms with E-state index in [0.717, 1.165) is 49.2 Å². The fourth-order valence-corrected chi connectivity index (χ4v) is 3.31. The van der Waals surface area contributed by atoms with Crippen LogP contribution in [-0.4, -0.2) is 44.4 Å². The van der Waals surface area contributed by atoms with E-state index in [-0.39, 0.29) is 18.1 Å². The third-order valence-corrected chi connectivity index (χ3v) is 4.47. The number of aromatic nitrogens is 2. The van der Waals surface area contributed by atoms with E-state index in [0.29, 0.717) is 6.42 Å². The highest BCUT2D eigenvalue weighted by Crippen LogP contribution is 2.24. The van der Waals surface area contributed by atoms with Crippen LogP contribution in [0.5, 0.6) is 0 Å². The molecule has 0 aliphatic carbocycles. The van der Waals surface area contributed by atoms with Crippen molar-refractivity contribution in [2.24, 2.45) is 7.05 Å². The van der Waals surface area contributed by atoms with Crippen LogP contribution in [0.15, 0.2) is 0 Å². The van der Waals surface area contributed by atoms with Gasteiger partial charge in [-0.15, -0.1) is 0 Å². The van der Waals surface area contributed by atoms with E-state index >= 15 is 0 Å². The van der Waals surface area contributed by atoms with E-state index in [2.05, 4.69) is 5.10 Å². The van der Waals surface area contributed by atoms with Gasteiger partial charge >= 0.3 is 0 Å². The van der Waals surface area contributed by atoms with Crippen molar-refractivity contribution in [1.29, 1.82) is 0 Å². The van der Waals surface area contributed by atoms with Crippen LogP contribution in [-0.2, 0) is 7.05 Å². The lowest BCUT2D eigenvalue weighted by Gasteiger charge is -2.31. The third kappa shape index (κ3) is 3.46. The van der Waals surface area contributed by atoms with Crippen molar-refractivity contribution in [3.63, 3.8) is 0 Å². The largest absolute Gasteiger partial charge is 0.393 e. The van der Waals surface area contributed by atoms with Gasteiger partial charge in [-0.1, -0.05) is 12.8 Å². The molecule has 1 N–H and O–H groups in total. The summed E-state index contributed by atoms with van der Waals surface area (Å²) in [6.07, 6.45) is 4.59. The summed E-state index contributed by atoms with van der Waals surface area (Å²) in [6, 6.07) is 0.138. The van der Waals surface area contributed by atoms with Gasteiger partial charge in [-0.05, 0) is 40.0 Å². The number of carbonyl (C=O) groups excluding carboxylic acids is 1.